The van der Waals surface area contributed by atoms with Gasteiger partial charge in [0.1, 0.15) is 11.6 Å². The summed E-state index contributed by atoms with van der Waals surface area (Å²) in [6.45, 7) is 12.8. The zero-order valence-corrected chi connectivity index (χ0v) is 29.4. The molecule has 4 heteroatoms. The van der Waals surface area contributed by atoms with Gasteiger partial charge in [-0.2, -0.15) is 0 Å². The first-order chi connectivity index (χ1) is 21.7. The Kier molecular flexibility index (Phi) is 7.76. The minimum Gasteiger partial charge on any atom is -0.299 e. The predicted molar refractivity (Wildman–Crippen MR) is 182 cm³/mol. The molecular formula is C42H56O4. The summed E-state index contributed by atoms with van der Waals surface area (Å²) in [7, 11) is 0. The molecule has 4 fully saturated rings. The second-order valence-electron chi connectivity index (χ2n) is 17.5. The topological polar surface area (TPSA) is 68.3 Å². The standard InChI is InChI=1S/2C21H28O2/c2*1-13(22)20(2)11-9-19-18-6-4-14-12-15(23)5-7-16(14)17(18)8-10-21(19,20)3/h2*12,18-19H,4-11H2,1-3H3/t2*18-,19+,20-,21+/m11/s1. The van der Waals surface area contributed by atoms with E-state index in [1.54, 1.807) is 25.0 Å². The fourth-order valence-corrected chi connectivity index (χ4v) is 12.8. The number of hydrogen-bond donors (Lipinski definition) is 0. The van der Waals surface area contributed by atoms with Crippen molar-refractivity contribution in [1.82, 2.24) is 0 Å². The van der Waals surface area contributed by atoms with Gasteiger partial charge in [0.15, 0.2) is 11.6 Å². The lowest BCUT2D eigenvalue weighted by Gasteiger charge is -2.52. The number of allylic oxidation sites excluding steroid dienone is 8. The second kappa shape index (κ2) is 11.1. The number of rotatable bonds is 2. The Morgan fingerprint density at radius 2 is 0.935 bits per heavy atom. The van der Waals surface area contributed by atoms with E-state index in [4.69, 9.17) is 0 Å². The van der Waals surface area contributed by atoms with Crippen molar-refractivity contribution in [2.75, 3.05) is 0 Å². The third-order valence-electron chi connectivity index (χ3n) is 16.2. The van der Waals surface area contributed by atoms with Gasteiger partial charge in [0.2, 0.25) is 0 Å². The molecule has 8 atom stereocenters. The molecule has 0 amide bonds. The highest BCUT2D eigenvalue weighted by Gasteiger charge is 2.62. The van der Waals surface area contributed by atoms with Crippen molar-refractivity contribution in [3.63, 3.8) is 0 Å². The number of carbonyl (C=O) groups is 4. The quantitative estimate of drug-likeness (QED) is 0.307. The van der Waals surface area contributed by atoms with Crippen LogP contribution in [0.15, 0.2) is 45.6 Å². The first kappa shape index (κ1) is 32.2. The maximum atomic E-state index is 12.4. The van der Waals surface area contributed by atoms with E-state index in [0.29, 0.717) is 59.6 Å². The fourth-order valence-electron chi connectivity index (χ4n) is 12.8. The largest absolute Gasteiger partial charge is 0.299 e. The van der Waals surface area contributed by atoms with Crippen LogP contribution in [0.3, 0.4) is 0 Å². The van der Waals surface area contributed by atoms with Gasteiger partial charge in [0.05, 0.1) is 0 Å². The Morgan fingerprint density at radius 3 is 1.30 bits per heavy atom. The Balaban J connectivity index is 0.000000147. The van der Waals surface area contributed by atoms with Gasteiger partial charge in [-0.25, -0.2) is 0 Å². The molecule has 4 saturated carbocycles. The van der Waals surface area contributed by atoms with Gasteiger partial charge in [-0.3, -0.25) is 19.2 Å². The number of carbonyl (C=O) groups excluding carboxylic acids is 4. The van der Waals surface area contributed by atoms with E-state index >= 15 is 0 Å². The molecule has 0 radical (unpaired) electrons. The van der Waals surface area contributed by atoms with E-state index in [1.807, 2.05) is 12.2 Å². The first-order valence-corrected chi connectivity index (χ1v) is 18.7. The SMILES string of the molecule is CC(=O)[C@@]1(C)CC[C@H]2[C@@H]3CCC4=CC(=O)CCC4=C3CC[C@@]21C.CC(=O)[C@@]1(C)CC[C@H]2[C@@H]3CCC4=CC(=O)CCC4=C3CC[C@@]21C. The summed E-state index contributed by atoms with van der Waals surface area (Å²) in [5.74, 6) is 4.04. The summed E-state index contributed by atoms with van der Waals surface area (Å²) in [5.41, 5.74) is 9.11. The summed E-state index contributed by atoms with van der Waals surface area (Å²) >= 11 is 0. The van der Waals surface area contributed by atoms with Crippen LogP contribution in [0.25, 0.3) is 0 Å². The van der Waals surface area contributed by atoms with Gasteiger partial charge in [-0.05, 0) is 173 Å². The second-order valence-corrected chi connectivity index (χ2v) is 17.5. The molecule has 8 aliphatic carbocycles. The van der Waals surface area contributed by atoms with Crippen molar-refractivity contribution < 1.29 is 19.2 Å². The highest BCUT2D eigenvalue weighted by atomic mass is 16.1. The molecule has 0 spiro atoms. The molecule has 46 heavy (non-hydrogen) atoms. The van der Waals surface area contributed by atoms with E-state index in [9.17, 15) is 19.2 Å². The van der Waals surface area contributed by atoms with Crippen LogP contribution in [0.4, 0.5) is 0 Å². The molecule has 8 aliphatic rings. The third kappa shape index (κ3) is 4.50. The van der Waals surface area contributed by atoms with Crippen LogP contribution >= 0.6 is 0 Å². The van der Waals surface area contributed by atoms with Crippen molar-refractivity contribution in [3.05, 3.63) is 45.6 Å². The van der Waals surface area contributed by atoms with Crippen LogP contribution < -0.4 is 0 Å². The number of ketones is 4. The zero-order chi connectivity index (χ0) is 32.8. The molecule has 4 nitrogen and oxygen atoms in total. The zero-order valence-electron chi connectivity index (χ0n) is 29.4. The summed E-state index contributed by atoms with van der Waals surface area (Å²) < 4.78 is 0. The van der Waals surface area contributed by atoms with Crippen molar-refractivity contribution in [2.24, 2.45) is 45.3 Å². The summed E-state index contributed by atoms with van der Waals surface area (Å²) in [6.07, 6.45) is 20.8. The van der Waals surface area contributed by atoms with Crippen LogP contribution in [0.1, 0.15) is 144 Å². The van der Waals surface area contributed by atoms with Crippen LogP contribution in [0.2, 0.25) is 0 Å². The van der Waals surface area contributed by atoms with E-state index in [1.165, 1.54) is 48.0 Å². The van der Waals surface area contributed by atoms with Crippen LogP contribution in [-0.4, -0.2) is 23.1 Å². The average Bonchev–Trinajstić information content (AvgIpc) is 3.47. The van der Waals surface area contributed by atoms with Crippen molar-refractivity contribution in [1.29, 1.82) is 0 Å². The smallest absolute Gasteiger partial charge is 0.156 e. The maximum Gasteiger partial charge on any atom is 0.156 e. The summed E-state index contributed by atoms with van der Waals surface area (Å²) in [6, 6.07) is 0. The number of fused-ring (bicyclic) bond motifs is 8. The minimum absolute atomic E-state index is 0.132. The monoisotopic (exact) mass is 624 g/mol. The normalized spacial score (nSPS) is 42.7. The number of hydrogen-bond acceptors (Lipinski definition) is 4. The summed E-state index contributed by atoms with van der Waals surface area (Å²) in [5, 5.41) is 0. The lowest BCUT2D eigenvalue weighted by molar-refractivity contribution is -0.134. The lowest BCUT2D eigenvalue weighted by Crippen LogP contribution is -2.47. The average molecular weight is 625 g/mol. The van der Waals surface area contributed by atoms with Gasteiger partial charge in [0, 0.05) is 23.7 Å². The molecule has 0 heterocycles. The van der Waals surface area contributed by atoms with Gasteiger partial charge in [-0.1, -0.05) is 38.8 Å². The highest BCUT2D eigenvalue weighted by Crippen LogP contribution is 2.68. The van der Waals surface area contributed by atoms with E-state index in [0.717, 1.165) is 64.2 Å². The maximum absolute atomic E-state index is 12.4. The predicted octanol–water partition coefficient (Wildman–Crippen LogP) is 9.58. The van der Waals surface area contributed by atoms with Crippen LogP contribution in [0.5, 0.6) is 0 Å². The molecule has 0 saturated heterocycles. The Labute approximate surface area is 277 Å². The van der Waals surface area contributed by atoms with E-state index in [2.05, 4.69) is 27.7 Å². The van der Waals surface area contributed by atoms with E-state index in [-0.39, 0.29) is 21.7 Å². The number of Topliss-reactive ketones (excluding diaryl/α,β-unsaturated/α-hetero) is 2. The Bertz CT molecular complexity index is 1420. The summed E-state index contributed by atoms with van der Waals surface area (Å²) in [4.78, 5) is 48.3. The molecular weight excluding hydrogens is 568 g/mol. The molecule has 8 rings (SSSR count). The lowest BCUT2D eigenvalue weighted by atomic mass is 9.52. The van der Waals surface area contributed by atoms with Crippen molar-refractivity contribution in [3.8, 4) is 0 Å². The van der Waals surface area contributed by atoms with Crippen molar-refractivity contribution in [2.45, 2.75) is 144 Å². The molecule has 0 N–H and O–H groups in total. The Morgan fingerprint density at radius 1 is 0.543 bits per heavy atom. The van der Waals surface area contributed by atoms with Gasteiger partial charge < -0.3 is 0 Å². The first-order valence-electron chi connectivity index (χ1n) is 18.7. The molecule has 0 aromatic carbocycles. The third-order valence-corrected chi connectivity index (χ3v) is 16.2. The van der Waals surface area contributed by atoms with Gasteiger partial charge >= 0.3 is 0 Å². The Hall–Kier alpha value is -2.36. The minimum atomic E-state index is -0.132. The van der Waals surface area contributed by atoms with E-state index < -0.39 is 0 Å². The van der Waals surface area contributed by atoms with Crippen molar-refractivity contribution >= 4 is 23.1 Å². The molecule has 0 unspecified atom stereocenters. The van der Waals surface area contributed by atoms with Gasteiger partial charge in [0.25, 0.3) is 0 Å². The molecule has 0 bridgehead atoms. The highest BCUT2D eigenvalue weighted by molar-refractivity contribution is 5.93. The van der Waals surface area contributed by atoms with Crippen LogP contribution in [0, 0.1) is 45.3 Å². The molecule has 0 aliphatic heterocycles. The molecule has 0 aromatic heterocycles. The van der Waals surface area contributed by atoms with Gasteiger partial charge in [-0.15, -0.1) is 0 Å². The fraction of sp³-hybridized carbons (Fsp3) is 0.714. The van der Waals surface area contributed by atoms with Crippen LogP contribution in [-0.2, 0) is 19.2 Å². The molecule has 248 valence electrons. The molecule has 0 aromatic rings.